The summed E-state index contributed by atoms with van der Waals surface area (Å²) < 4.78 is 5.51. The Balaban J connectivity index is 1.43. The van der Waals surface area contributed by atoms with Crippen LogP contribution in [0.15, 0.2) is 48.5 Å². The van der Waals surface area contributed by atoms with E-state index in [1.54, 1.807) is 53.4 Å². The molecule has 0 radical (unpaired) electrons. The van der Waals surface area contributed by atoms with Gasteiger partial charge in [0.05, 0.1) is 12.6 Å². The summed E-state index contributed by atoms with van der Waals surface area (Å²) >= 11 is 0. The Morgan fingerprint density at radius 3 is 2.18 bits per heavy atom. The zero-order valence-electron chi connectivity index (χ0n) is 19.2. The number of anilines is 2. The third-order valence-electron chi connectivity index (χ3n) is 5.58. The molecule has 1 saturated heterocycles. The number of hydrogen-bond acceptors (Lipinski definition) is 5. The van der Waals surface area contributed by atoms with Crippen molar-refractivity contribution in [1.29, 1.82) is 0 Å². The monoisotopic (exact) mass is 452 g/mol. The fourth-order valence-corrected chi connectivity index (χ4v) is 3.63. The number of amides is 3. The molecular formula is C25H32N4O4. The van der Waals surface area contributed by atoms with Crippen molar-refractivity contribution in [3.05, 3.63) is 59.7 Å². The largest absolute Gasteiger partial charge is 0.376 e. The molecule has 8 nitrogen and oxygen atoms in total. The summed E-state index contributed by atoms with van der Waals surface area (Å²) in [6, 6.07) is 13.8. The zero-order valence-corrected chi connectivity index (χ0v) is 19.2. The number of benzene rings is 2. The van der Waals surface area contributed by atoms with Gasteiger partial charge in [-0.1, -0.05) is 0 Å². The van der Waals surface area contributed by atoms with Crippen LogP contribution in [0.2, 0.25) is 0 Å². The van der Waals surface area contributed by atoms with E-state index in [0.717, 1.165) is 25.1 Å². The van der Waals surface area contributed by atoms with Gasteiger partial charge in [-0.15, -0.1) is 0 Å². The Labute approximate surface area is 194 Å². The van der Waals surface area contributed by atoms with E-state index >= 15 is 0 Å². The lowest BCUT2D eigenvalue weighted by Crippen LogP contribution is -2.31. The van der Waals surface area contributed by atoms with Crippen LogP contribution in [0.1, 0.15) is 47.4 Å². The topological polar surface area (TPSA) is 99.8 Å². The van der Waals surface area contributed by atoms with Gasteiger partial charge in [0.25, 0.3) is 11.8 Å². The molecule has 8 heteroatoms. The molecule has 2 aromatic rings. The Kier molecular flexibility index (Phi) is 8.83. The highest BCUT2D eigenvalue weighted by Gasteiger charge is 2.16. The summed E-state index contributed by atoms with van der Waals surface area (Å²) in [5.74, 6) is -0.377. The van der Waals surface area contributed by atoms with Crippen molar-refractivity contribution in [2.24, 2.45) is 0 Å². The van der Waals surface area contributed by atoms with Crippen LogP contribution in [0.4, 0.5) is 11.4 Å². The molecule has 2 aromatic carbocycles. The average molecular weight is 453 g/mol. The molecule has 3 amide bonds. The minimum absolute atomic E-state index is 0.0245. The van der Waals surface area contributed by atoms with Gasteiger partial charge in [-0.2, -0.15) is 0 Å². The molecule has 0 spiro atoms. The highest BCUT2D eigenvalue weighted by Crippen LogP contribution is 2.14. The standard InChI is InChI=1S/C25H32N4O4/c1-3-29(4-2)25(32)19-9-13-21(14-10-19)28-23(30)17-26-20-11-7-18(8-12-20)24(31)27-16-22-6-5-15-33-22/h7-14,22,26H,3-6,15-17H2,1-2H3,(H,27,31)(H,28,30). The molecule has 1 unspecified atom stereocenters. The van der Waals surface area contributed by atoms with E-state index in [4.69, 9.17) is 4.74 Å². The lowest BCUT2D eigenvalue weighted by Gasteiger charge is -2.18. The van der Waals surface area contributed by atoms with Crippen molar-refractivity contribution in [1.82, 2.24) is 10.2 Å². The minimum atomic E-state index is -0.212. The van der Waals surface area contributed by atoms with E-state index in [1.807, 2.05) is 13.8 Å². The number of hydrogen-bond donors (Lipinski definition) is 3. The zero-order chi connectivity index (χ0) is 23.6. The van der Waals surface area contributed by atoms with E-state index in [-0.39, 0.29) is 30.4 Å². The molecule has 0 aliphatic carbocycles. The molecule has 176 valence electrons. The third-order valence-corrected chi connectivity index (χ3v) is 5.58. The van der Waals surface area contributed by atoms with Crippen molar-refractivity contribution in [2.45, 2.75) is 32.8 Å². The predicted octanol–water partition coefficient (Wildman–Crippen LogP) is 3.13. The van der Waals surface area contributed by atoms with Crippen molar-refractivity contribution in [2.75, 3.05) is 43.4 Å². The van der Waals surface area contributed by atoms with E-state index < -0.39 is 0 Å². The Morgan fingerprint density at radius 1 is 0.939 bits per heavy atom. The predicted molar refractivity (Wildman–Crippen MR) is 129 cm³/mol. The molecule has 1 heterocycles. The summed E-state index contributed by atoms with van der Waals surface area (Å²) in [6.45, 7) is 6.54. The van der Waals surface area contributed by atoms with Gasteiger partial charge in [-0.25, -0.2) is 0 Å². The van der Waals surface area contributed by atoms with Gasteiger partial charge in [0.15, 0.2) is 0 Å². The lowest BCUT2D eigenvalue weighted by molar-refractivity contribution is -0.114. The first-order valence-corrected chi connectivity index (χ1v) is 11.4. The number of carbonyl (C=O) groups excluding carboxylic acids is 3. The van der Waals surface area contributed by atoms with Crippen LogP contribution >= 0.6 is 0 Å². The first kappa shape index (κ1) is 24.3. The molecule has 0 aromatic heterocycles. The molecule has 1 atom stereocenters. The van der Waals surface area contributed by atoms with Crippen LogP contribution in [0.25, 0.3) is 0 Å². The van der Waals surface area contributed by atoms with Crippen LogP contribution in [0.5, 0.6) is 0 Å². The van der Waals surface area contributed by atoms with Gasteiger partial charge in [0, 0.05) is 48.7 Å². The molecular weight excluding hydrogens is 420 g/mol. The third kappa shape index (κ3) is 7.05. The molecule has 1 fully saturated rings. The van der Waals surface area contributed by atoms with Crippen LogP contribution in [-0.4, -0.2) is 61.5 Å². The van der Waals surface area contributed by atoms with Gasteiger partial charge in [0.2, 0.25) is 5.91 Å². The van der Waals surface area contributed by atoms with Crippen molar-refractivity contribution < 1.29 is 19.1 Å². The highest BCUT2D eigenvalue weighted by molar-refractivity contribution is 5.97. The molecule has 3 N–H and O–H groups in total. The maximum atomic E-state index is 12.4. The summed E-state index contributed by atoms with van der Waals surface area (Å²) in [5, 5.41) is 8.74. The number of carbonyl (C=O) groups is 3. The van der Waals surface area contributed by atoms with E-state index in [9.17, 15) is 14.4 Å². The number of rotatable bonds is 10. The minimum Gasteiger partial charge on any atom is -0.376 e. The second-order valence-corrected chi connectivity index (χ2v) is 7.88. The smallest absolute Gasteiger partial charge is 0.253 e. The van der Waals surface area contributed by atoms with Gasteiger partial charge in [0.1, 0.15) is 0 Å². The second kappa shape index (κ2) is 12.0. The Morgan fingerprint density at radius 2 is 1.58 bits per heavy atom. The number of ether oxygens (including phenoxy) is 1. The SMILES string of the molecule is CCN(CC)C(=O)c1ccc(NC(=O)CNc2ccc(C(=O)NCC3CCCO3)cc2)cc1. The number of nitrogens with one attached hydrogen (secondary N) is 3. The maximum Gasteiger partial charge on any atom is 0.253 e. The molecule has 33 heavy (non-hydrogen) atoms. The highest BCUT2D eigenvalue weighted by atomic mass is 16.5. The summed E-state index contributed by atoms with van der Waals surface area (Å²) in [4.78, 5) is 38.6. The van der Waals surface area contributed by atoms with Crippen LogP contribution in [0.3, 0.4) is 0 Å². The summed E-state index contributed by atoms with van der Waals surface area (Å²) in [5.41, 5.74) is 2.51. The van der Waals surface area contributed by atoms with E-state index in [0.29, 0.717) is 36.4 Å². The summed E-state index contributed by atoms with van der Waals surface area (Å²) in [6.07, 6.45) is 2.12. The Bertz CT molecular complexity index is 934. The number of nitrogens with zero attached hydrogens (tertiary/aromatic N) is 1. The van der Waals surface area contributed by atoms with E-state index in [1.165, 1.54) is 0 Å². The van der Waals surface area contributed by atoms with Crippen molar-refractivity contribution in [3.8, 4) is 0 Å². The van der Waals surface area contributed by atoms with Crippen molar-refractivity contribution in [3.63, 3.8) is 0 Å². The van der Waals surface area contributed by atoms with Crippen LogP contribution in [-0.2, 0) is 9.53 Å². The maximum absolute atomic E-state index is 12.4. The van der Waals surface area contributed by atoms with Crippen LogP contribution in [0, 0.1) is 0 Å². The van der Waals surface area contributed by atoms with Gasteiger partial charge >= 0.3 is 0 Å². The molecule has 0 saturated carbocycles. The quantitative estimate of drug-likeness (QED) is 0.514. The average Bonchev–Trinajstić information content (AvgIpc) is 3.36. The van der Waals surface area contributed by atoms with Crippen LogP contribution < -0.4 is 16.0 Å². The van der Waals surface area contributed by atoms with Gasteiger partial charge in [-0.05, 0) is 75.2 Å². The van der Waals surface area contributed by atoms with Gasteiger partial charge < -0.3 is 25.6 Å². The second-order valence-electron chi connectivity index (χ2n) is 7.88. The molecule has 3 rings (SSSR count). The fourth-order valence-electron chi connectivity index (χ4n) is 3.63. The normalized spacial score (nSPS) is 15.0. The van der Waals surface area contributed by atoms with Crippen molar-refractivity contribution >= 4 is 29.1 Å². The van der Waals surface area contributed by atoms with Gasteiger partial charge in [-0.3, -0.25) is 14.4 Å². The molecule has 1 aliphatic rings. The fraction of sp³-hybridized carbons (Fsp3) is 0.400. The lowest BCUT2D eigenvalue weighted by atomic mass is 10.1. The first-order valence-electron chi connectivity index (χ1n) is 11.4. The first-order chi connectivity index (χ1) is 16.0. The Hall–Kier alpha value is -3.39. The molecule has 0 bridgehead atoms. The summed E-state index contributed by atoms with van der Waals surface area (Å²) in [7, 11) is 0. The van der Waals surface area contributed by atoms with E-state index in [2.05, 4.69) is 16.0 Å². The molecule has 1 aliphatic heterocycles.